The number of pyridine rings is 1. The van der Waals surface area contributed by atoms with Crippen LogP contribution in [0.15, 0.2) is 34.9 Å². The number of methoxy groups -OCH3 is 1. The topological polar surface area (TPSA) is 64.4 Å². The molecule has 0 aliphatic heterocycles. The van der Waals surface area contributed by atoms with Crippen molar-refractivity contribution in [3.63, 3.8) is 0 Å². The zero-order valence-electron chi connectivity index (χ0n) is 10.3. The van der Waals surface area contributed by atoms with Crippen molar-refractivity contribution in [1.82, 2.24) is 4.98 Å². The largest absolute Gasteiger partial charge is 0.453 e. The zero-order chi connectivity index (χ0) is 13.0. The van der Waals surface area contributed by atoms with Gasteiger partial charge in [-0.1, -0.05) is 6.07 Å². The Balaban J connectivity index is 2.10. The summed E-state index contributed by atoms with van der Waals surface area (Å²) in [5, 5.41) is 2.70. The second kappa shape index (κ2) is 5.46. The third kappa shape index (κ3) is 2.75. The number of aromatic nitrogens is 1. The molecule has 0 unspecified atom stereocenters. The molecule has 2 aromatic rings. The van der Waals surface area contributed by atoms with Gasteiger partial charge in [-0.2, -0.15) is 0 Å². The van der Waals surface area contributed by atoms with Crippen LogP contribution < -0.4 is 5.32 Å². The lowest BCUT2D eigenvalue weighted by Gasteiger charge is -2.04. The summed E-state index contributed by atoms with van der Waals surface area (Å²) in [4.78, 5) is 16.0. The first-order chi connectivity index (χ1) is 8.70. The van der Waals surface area contributed by atoms with Gasteiger partial charge in [0.05, 0.1) is 0 Å². The fourth-order valence-electron chi connectivity index (χ4n) is 1.51. The predicted octanol–water partition coefficient (Wildman–Crippen LogP) is 2.38. The number of hydrogen-bond donors (Lipinski definition) is 1. The first-order valence-electron chi connectivity index (χ1n) is 5.51. The van der Waals surface area contributed by atoms with E-state index in [1.54, 1.807) is 25.4 Å². The second-order valence-electron chi connectivity index (χ2n) is 3.82. The van der Waals surface area contributed by atoms with Crippen molar-refractivity contribution < 1.29 is 13.9 Å². The first kappa shape index (κ1) is 12.3. The normalized spacial score (nSPS) is 10.3. The van der Waals surface area contributed by atoms with E-state index < -0.39 is 0 Å². The molecule has 5 heteroatoms. The van der Waals surface area contributed by atoms with Crippen molar-refractivity contribution in [3.8, 4) is 0 Å². The number of nitrogens with one attached hydrogen (secondary N) is 1. The van der Waals surface area contributed by atoms with Gasteiger partial charge in [0.15, 0.2) is 5.76 Å². The minimum Gasteiger partial charge on any atom is -0.453 e. The monoisotopic (exact) mass is 246 g/mol. The van der Waals surface area contributed by atoms with Gasteiger partial charge in [-0.15, -0.1) is 0 Å². The molecule has 0 fully saturated rings. The van der Waals surface area contributed by atoms with Gasteiger partial charge in [0, 0.05) is 13.3 Å². The van der Waals surface area contributed by atoms with Crippen molar-refractivity contribution in [2.45, 2.75) is 13.5 Å². The molecule has 0 aromatic carbocycles. The average Bonchev–Trinajstić information content (AvgIpc) is 2.81. The molecule has 0 spiro atoms. The van der Waals surface area contributed by atoms with Crippen LogP contribution in [0.3, 0.4) is 0 Å². The molecule has 0 saturated carbocycles. The van der Waals surface area contributed by atoms with E-state index in [0.717, 1.165) is 5.56 Å². The highest BCUT2D eigenvalue weighted by molar-refractivity contribution is 6.02. The van der Waals surface area contributed by atoms with Gasteiger partial charge in [0.1, 0.15) is 18.2 Å². The highest BCUT2D eigenvalue weighted by atomic mass is 16.5. The number of nitrogens with zero attached hydrogens (tertiary/aromatic N) is 1. The van der Waals surface area contributed by atoms with Crippen molar-refractivity contribution in [2.24, 2.45) is 0 Å². The van der Waals surface area contributed by atoms with Crippen LogP contribution in [0.25, 0.3) is 0 Å². The fourth-order valence-corrected chi connectivity index (χ4v) is 1.51. The van der Waals surface area contributed by atoms with E-state index in [0.29, 0.717) is 18.2 Å². The third-order valence-corrected chi connectivity index (χ3v) is 2.41. The molecule has 18 heavy (non-hydrogen) atoms. The molecule has 0 aliphatic carbocycles. The predicted molar refractivity (Wildman–Crippen MR) is 66.3 cm³/mol. The number of rotatable bonds is 4. The Morgan fingerprint density at radius 2 is 2.28 bits per heavy atom. The Morgan fingerprint density at radius 3 is 3.00 bits per heavy atom. The molecular formula is C13H14N2O3. The lowest BCUT2D eigenvalue weighted by Crippen LogP contribution is -2.12. The first-order valence-corrected chi connectivity index (χ1v) is 5.51. The van der Waals surface area contributed by atoms with Crippen LogP contribution in [0.1, 0.15) is 21.9 Å². The lowest BCUT2D eigenvalue weighted by molar-refractivity contribution is 0.0987. The smallest absolute Gasteiger partial charge is 0.292 e. The summed E-state index contributed by atoms with van der Waals surface area (Å²) < 4.78 is 10.3. The van der Waals surface area contributed by atoms with E-state index in [-0.39, 0.29) is 11.7 Å². The van der Waals surface area contributed by atoms with Crippen molar-refractivity contribution in [1.29, 1.82) is 0 Å². The summed E-state index contributed by atoms with van der Waals surface area (Å²) in [6.07, 6.45) is 1.63. The number of ether oxygens (including phenoxy) is 1. The maximum Gasteiger partial charge on any atom is 0.292 e. The molecular weight excluding hydrogens is 232 g/mol. The minimum atomic E-state index is -0.320. The molecule has 0 saturated heterocycles. The van der Waals surface area contributed by atoms with Crippen LogP contribution in [0, 0.1) is 6.92 Å². The van der Waals surface area contributed by atoms with Crippen LogP contribution in [0.2, 0.25) is 0 Å². The summed E-state index contributed by atoms with van der Waals surface area (Å²) >= 11 is 0. The van der Waals surface area contributed by atoms with E-state index in [1.807, 2.05) is 19.1 Å². The Hall–Kier alpha value is -2.14. The van der Waals surface area contributed by atoms with Crippen molar-refractivity contribution in [3.05, 3.63) is 47.5 Å². The summed E-state index contributed by atoms with van der Waals surface area (Å²) in [5.74, 6) is 1.07. The Labute approximate surface area is 105 Å². The van der Waals surface area contributed by atoms with E-state index in [1.165, 1.54) is 0 Å². The molecule has 94 valence electrons. The molecule has 1 N–H and O–H groups in total. The van der Waals surface area contributed by atoms with Gasteiger partial charge in [0.25, 0.3) is 5.91 Å². The molecule has 5 nitrogen and oxygen atoms in total. The molecule has 0 aliphatic rings. The average molecular weight is 246 g/mol. The van der Waals surface area contributed by atoms with Crippen LogP contribution in [-0.4, -0.2) is 18.0 Å². The van der Waals surface area contributed by atoms with E-state index >= 15 is 0 Å². The van der Waals surface area contributed by atoms with Gasteiger partial charge in [-0.3, -0.25) is 4.79 Å². The van der Waals surface area contributed by atoms with Crippen molar-refractivity contribution in [2.75, 3.05) is 12.4 Å². The van der Waals surface area contributed by atoms with Gasteiger partial charge < -0.3 is 14.5 Å². The molecule has 0 bridgehead atoms. The molecule has 2 heterocycles. The van der Waals surface area contributed by atoms with E-state index in [4.69, 9.17) is 9.15 Å². The number of anilines is 1. The molecule has 1 amide bonds. The Morgan fingerprint density at radius 1 is 1.44 bits per heavy atom. The second-order valence-corrected chi connectivity index (χ2v) is 3.82. The maximum absolute atomic E-state index is 11.9. The number of amides is 1. The number of aryl methyl sites for hydroxylation is 1. The van der Waals surface area contributed by atoms with Gasteiger partial charge in [0.2, 0.25) is 0 Å². The summed E-state index contributed by atoms with van der Waals surface area (Å²) in [5.41, 5.74) is 0.898. The summed E-state index contributed by atoms with van der Waals surface area (Å²) in [6.45, 7) is 2.22. The Bertz CT molecular complexity index is 549. The number of hydrogen-bond acceptors (Lipinski definition) is 4. The Kier molecular flexibility index (Phi) is 3.74. The third-order valence-electron chi connectivity index (χ3n) is 2.41. The fraction of sp³-hybridized carbons (Fsp3) is 0.231. The van der Waals surface area contributed by atoms with Gasteiger partial charge >= 0.3 is 0 Å². The quantitative estimate of drug-likeness (QED) is 0.899. The molecule has 2 aromatic heterocycles. The van der Waals surface area contributed by atoms with E-state index in [9.17, 15) is 4.79 Å². The van der Waals surface area contributed by atoms with Gasteiger partial charge in [-0.05, 0) is 30.7 Å². The van der Waals surface area contributed by atoms with Crippen molar-refractivity contribution >= 4 is 11.7 Å². The highest BCUT2D eigenvalue weighted by Gasteiger charge is 2.12. The lowest BCUT2D eigenvalue weighted by atomic mass is 10.3. The van der Waals surface area contributed by atoms with Crippen LogP contribution in [0.4, 0.5) is 5.82 Å². The molecule has 0 atom stereocenters. The maximum atomic E-state index is 11.9. The zero-order valence-corrected chi connectivity index (χ0v) is 10.3. The van der Waals surface area contributed by atoms with Crippen LogP contribution in [0.5, 0.6) is 0 Å². The molecule has 0 radical (unpaired) electrons. The van der Waals surface area contributed by atoms with Crippen LogP contribution in [-0.2, 0) is 11.3 Å². The standard InChI is InChI=1S/C13H14N2O3/c1-9-4-3-7-14-12(9)15-13(16)11-6-5-10(18-11)8-17-2/h3-7H,8H2,1-2H3,(H,14,15,16). The number of carbonyl (C=O) groups is 1. The molecule has 2 rings (SSSR count). The van der Waals surface area contributed by atoms with Crippen LogP contribution >= 0.6 is 0 Å². The van der Waals surface area contributed by atoms with Gasteiger partial charge in [-0.25, -0.2) is 4.98 Å². The summed E-state index contributed by atoms with van der Waals surface area (Å²) in [6, 6.07) is 7.02. The summed E-state index contributed by atoms with van der Waals surface area (Å²) in [7, 11) is 1.57. The SMILES string of the molecule is COCc1ccc(C(=O)Nc2ncccc2C)o1. The minimum absolute atomic E-state index is 0.243. The number of furan rings is 1. The highest BCUT2D eigenvalue weighted by Crippen LogP contribution is 2.13. The van der Waals surface area contributed by atoms with E-state index in [2.05, 4.69) is 10.3 Å². The number of carbonyl (C=O) groups excluding carboxylic acids is 1.